The molecule has 0 aliphatic heterocycles. The summed E-state index contributed by atoms with van der Waals surface area (Å²) in [5, 5.41) is 7.69. The highest BCUT2D eigenvalue weighted by molar-refractivity contribution is 4.78. The molecule has 0 fully saturated rings. The van der Waals surface area contributed by atoms with Crippen molar-refractivity contribution >= 4 is 0 Å². The summed E-state index contributed by atoms with van der Waals surface area (Å²) in [7, 11) is 0. The summed E-state index contributed by atoms with van der Waals surface area (Å²) in [6.07, 6.45) is 0. The van der Waals surface area contributed by atoms with Crippen molar-refractivity contribution in [2.75, 3.05) is 13.1 Å². The van der Waals surface area contributed by atoms with Crippen LogP contribution < -0.4 is 0 Å². The van der Waals surface area contributed by atoms with Gasteiger partial charge in [0.15, 0.2) is 0 Å². The number of aromatic nitrogens is 2. The van der Waals surface area contributed by atoms with Gasteiger partial charge in [-0.2, -0.15) is 0 Å². The Morgan fingerprint density at radius 2 is 1.92 bits per heavy atom. The van der Waals surface area contributed by atoms with E-state index in [9.17, 15) is 0 Å². The van der Waals surface area contributed by atoms with Gasteiger partial charge in [-0.3, -0.25) is 4.90 Å². The van der Waals surface area contributed by atoms with Crippen LogP contribution in [-0.4, -0.2) is 28.2 Å². The van der Waals surface area contributed by atoms with Crippen molar-refractivity contribution < 1.29 is 4.42 Å². The van der Waals surface area contributed by atoms with Crippen LogP contribution in [-0.2, 0) is 6.54 Å². The predicted octanol–water partition coefficient (Wildman–Crippen LogP) is 1.22. The number of nitrogens with zero attached hydrogens (tertiary/aromatic N) is 3. The molecule has 4 heteroatoms. The summed E-state index contributed by atoms with van der Waals surface area (Å²) in [5.41, 5.74) is 0. The number of aryl methyl sites for hydroxylation is 1. The van der Waals surface area contributed by atoms with Crippen LogP contribution in [0.4, 0.5) is 0 Å². The molecule has 0 radical (unpaired) electrons. The zero-order valence-corrected chi connectivity index (χ0v) is 7.87. The first kappa shape index (κ1) is 9.19. The first-order valence-electron chi connectivity index (χ1n) is 4.27. The van der Waals surface area contributed by atoms with Gasteiger partial charge in [0.25, 0.3) is 0 Å². The fraction of sp³-hybridized carbons (Fsp3) is 0.750. The molecule has 0 atom stereocenters. The molecule has 0 unspecified atom stereocenters. The lowest BCUT2D eigenvalue weighted by Gasteiger charge is -2.14. The van der Waals surface area contributed by atoms with Gasteiger partial charge in [-0.15, -0.1) is 10.2 Å². The second-order valence-electron chi connectivity index (χ2n) is 2.68. The topological polar surface area (TPSA) is 42.2 Å². The molecule has 0 aliphatic rings. The molecule has 0 saturated heterocycles. The molecule has 1 aromatic heterocycles. The quantitative estimate of drug-likeness (QED) is 0.679. The van der Waals surface area contributed by atoms with Crippen molar-refractivity contribution in [3.63, 3.8) is 0 Å². The summed E-state index contributed by atoms with van der Waals surface area (Å²) in [5.74, 6) is 1.34. The second-order valence-corrected chi connectivity index (χ2v) is 2.68. The standard InChI is InChI=1S/C8H15N3O/c1-4-11(5-2)6-8-10-9-7(3)12-8/h4-6H2,1-3H3. The third kappa shape index (κ3) is 2.30. The Bertz CT molecular complexity index is 230. The van der Waals surface area contributed by atoms with Crippen LogP contribution in [0.1, 0.15) is 25.6 Å². The minimum atomic E-state index is 0.636. The van der Waals surface area contributed by atoms with Crippen molar-refractivity contribution in [3.05, 3.63) is 11.8 Å². The second kappa shape index (κ2) is 4.21. The Morgan fingerprint density at radius 3 is 2.33 bits per heavy atom. The number of rotatable bonds is 4. The van der Waals surface area contributed by atoms with Crippen molar-refractivity contribution in [1.29, 1.82) is 0 Å². The molecule has 1 heterocycles. The van der Waals surface area contributed by atoms with Gasteiger partial charge in [-0.05, 0) is 13.1 Å². The third-order valence-electron chi connectivity index (χ3n) is 1.82. The van der Waals surface area contributed by atoms with E-state index in [1.54, 1.807) is 6.92 Å². The van der Waals surface area contributed by atoms with E-state index in [0.717, 1.165) is 19.6 Å². The van der Waals surface area contributed by atoms with E-state index in [1.807, 2.05) is 0 Å². The Kier molecular flexibility index (Phi) is 3.22. The molecular formula is C8H15N3O. The molecule has 0 saturated carbocycles. The molecule has 0 spiro atoms. The van der Waals surface area contributed by atoms with E-state index in [0.29, 0.717) is 11.8 Å². The van der Waals surface area contributed by atoms with E-state index in [2.05, 4.69) is 28.9 Å². The normalized spacial score (nSPS) is 11.0. The summed E-state index contributed by atoms with van der Waals surface area (Å²) >= 11 is 0. The van der Waals surface area contributed by atoms with Crippen LogP contribution in [0.25, 0.3) is 0 Å². The van der Waals surface area contributed by atoms with E-state index in [-0.39, 0.29) is 0 Å². The summed E-state index contributed by atoms with van der Waals surface area (Å²) < 4.78 is 5.25. The highest BCUT2D eigenvalue weighted by Crippen LogP contribution is 2.02. The molecule has 12 heavy (non-hydrogen) atoms. The van der Waals surface area contributed by atoms with Gasteiger partial charge in [0.05, 0.1) is 6.54 Å². The lowest BCUT2D eigenvalue weighted by molar-refractivity contribution is 0.261. The Labute approximate surface area is 72.6 Å². The first-order chi connectivity index (χ1) is 5.76. The fourth-order valence-corrected chi connectivity index (χ4v) is 1.04. The minimum absolute atomic E-state index is 0.636. The molecule has 0 amide bonds. The Hall–Kier alpha value is -0.900. The molecule has 68 valence electrons. The largest absolute Gasteiger partial charge is 0.424 e. The Balaban J connectivity index is 2.50. The van der Waals surface area contributed by atoms with Crippen LogP contribution in [0.2, 0.25) is 0 Å². The van der Waals surface area contributed by atoms with Crippen molar-refractivity contribution in [1.82, 2.24) is 15.1 Å². The van der Waals surface area contributed by atoms with Gasteiger partial charge in [0.1, 0.15) is 0 Å². The highest BCUT2D eigenvalue weighted by Gasteiger charge is 2.06. The molecule has 0 aliphatic carbocycles. The lowest BCUT2D eigenvalue weighted by Crippen LogP contribution is -2.22. The molecule has 0 bridgehead atoms. The minimum Gasteiger partial charge on any atom is -0.424 e. The molecule has 0 aromatic carbocycles. The van der Waals surface area contributed by atoms with E-state index < -0.39 is 0 Å². The summed E-state index contributed by atoms with van der Waals surface area (Å²) in [6.45, 7) is 8.82. The maximum Gasteiger partial charge on any atom is 0.230 e. The summed E-state index contributed by atoms with van der Waals surface area (Å²) in [4.78, 5) is 2.23. The molecule has 1 rings (SSSR count). The van der Waals surface area contributed by atoms with Gasteiger partial charge < -0.3 is 4.42 Å². The average molecular weight is 169 g/mol. The van der Waals surface area contributed by atoms with Crippen molar-refractivity contribution in [3.8, 4) is 0 Å². The molecular weight excluding hydrogens is 154 g/mol. The SMILES string of the molecule is CCN(CC)Cc1nnc(C)o1. The van der Waals surface area contributed by atoms with Gasteiger partial charge in [0, 0.05) is 6.92 Å². The van der Waals surface area contributed by atoms with Crippen LogP contribution >= 0.6 is 0 Å². The number of hydrogen-bond donors (Lipinski definition) is 0. The van der Waals surface area contributed by atoms with Crippen LogP contribution in [0.15, 0.2) is 4.42 Å². The van der Waals surface area contributed by atoms with Gasteiger partial charge in [-0.1, -0.05) is 13.8 Å². The monoisotopic (exact) mass is 169 g/mol. The maximum absolute atomic E-state index is 5.25. The van der Waals surface area contributed by atoms with Crippen molar-refractivity contribution in [2.24, 2.45) is 0 Å². The lowest BCUT2D eigenvalue weighted by atomic mass is 10.5. The van der Waals surface area contributed by atoms with E-state index in [4.69, 9.17) is 4.42 Å². The van der Waals surface area contributed by atoms with E-state index >= 15 is 0 Å². The van der Waals surface area contributed by atoms with Gasteiger partial charge in [-0.25, -0.2) is 0 Å². The first-order valence-corrected chi connectivity index (χ1v) is 4.27. The molecule has 0 N–H and O–H groups in total. The average Bonchev–Trinajstić information content (AvgIpc) is 2.47. The van der Waals surface area contributed by atoms with Crippen LogP contribution in [0.5, 0.6) is 0 Å². The zero-order valence-electron chi connectivity index (χ0n) is 7.87. The Morgan fingerprint density at radius 1 is 1.25 bits per heavy atom. The van der Waals surface area contributed by atoms with Gasteiger partial charge in [0.2, 0.25) is 11.8 Å². The van der Waals surface area contributed by atoms with Crippen LogP contribution in [0.3, 0.4) is 0 Å². The summed E-state index contributed by atoms with van der Waals surface area (Å²) in [6, 6.07) is 0. The number of hydrogen-bond acceptors (Lipinski definition) is 4. The molecule has 4 nitrogen and oxygen atoms in total. The fourth-order valence-electron chi connectivity index (χ4n) is 1.04. The van der Waals surface area contributed by atoms with Crippen molar-refractivity contribution in [2.45, 2.75) is 27.3 Å². The predicted molar refractivity (Wildman–Crippen MR) is 45.7 cm³/mol. The zero-order chi connectivity index (χ0) is 8.97. The molecule has 1 aromatic rings. The van der Waals surface area contributed by atoms with Gasteiger partial charge >= 0.3 is 0 Å². The maximum atomic E-state index is 5.25. The third-order valence-corrected chi connectivity index (χ3v) is 1.82. The van der Waals surface area contributed by atoms with E-state index in [1.165, 1.54) is 0 Å². The smallest absolute Gasteiger partial charge is 0.230 e. The highest BCUT2D eigenvalue weighted by atomic mass is 16.4. The van der Waals surface area contributed by atoms with Crippen LogP contribution in [0, 0.1) is 6.92 Å².